The van der Waals surface area contributed by atoms with Gasteiger partial charge < -0.3 is 0 Å². The van der Waals surface area contributed by atoms with E-state index >= 15 is 0 Å². The Kier molecular flexibility index (Phi) is 3.56. The topological polar surface area (TPSA) is 72.2 Å². The third-order valence-corrected chi connectivity index (χ3v) is 2.31. The Bertz CT molecular complexity index is 476. The van der Waals surface area contributed by atoms with Crippen molar-refractivity contribution in [3.8, 4) is 0 Å². The van der Waals surface area contributed by atoms with Crippen LogP contribution in [0.2, 0.25) is 0 Å². The molecule has 0 saturated heterocycles. The van der Waals surface area contributed by atoms with Crippen LogP contribution >= 0.6 is 0 Å². The van der Waals surface area contributed by atoms with Gasteiger partial charge in [-0.15, -0.1) is 0 Å². The van der Waals surface area contributed by atoms with Crippen LogP contribution in [0, 0.1) is 5.82 Å². The molecular formula is C8H9F3N2O2S. The molecule has 0 heterocycles. The highest BCUT2D eigenvalue weighted by atomic mass is 32.2. The fraction of sp³-hybridized carbons (Fsp3) is 0.250. The van der Waals surface area contributed by atoms with E-state index in [0.717, 1.165) is 12.1 Å². The van der Waals surface area contributed by atoms with Crippen LogP contribution in [-0.2, 0) is 16.1 Å². The van der Waals surface area contributed by atoms with E-state index in [2.05, 4.69) is 5.14 Å². The van der Waals surface area contributed by atoms with Crippen molar-refractivity contribution in [3.63, 3.8) is 0 Å². The van der Waals surface area contributed by atoms with Crippen molar-refractivity contribution in [2.45, 2.75) is 5.92 Å². The van der Waals surface area contributed by atoms with Gasteiger partial charge in [0.2, 0.25) is 0 Å². The van der Waals surface area contributed by atoms with Crippen LogP contribution in [-0.4, -0.2) is 15.0 Å². The molecule has 4 nitrogen and oxygen atoms in total. The second kappa shape index (κ2) is 4.40. The molecule has 1 aromatic carbocycles. The number of halogens is 3. The average molecular weight is 254 g/mol. The molecule has 0 aromatic heterocycles. The number of hydrogen-bond acceptors (Lipinski definition) is 2. The molecule has 0 aliphatic heterocycles. The summed E-state index contributed by atoms with van der Waals surface area (Å²) in [6.07, 6.45) is 0. The zero-order chi connectivity index (χ0) is 12.4. The maximum atomic E-state index is 13.3. The lowest BCUT2D eigenvalue weighted by Crippen LogP contribution is -2.39. The van der Waals surface area contributed by atoms with Crippen LogP contribution in [0.5, 0.6) is 0 Å². The van der Waals surface area contributed by atoms with Gasteiger partial charge in [-0.05, 0) is 6.07 Å². The molecule has 3 N–H and O–H groups in total. The van der Waals surface area contributed by atoms with Gasteiger partial charge in [0.1, 0.15) is 5.82 Å². The van der Waals surface area contributed by atoms with Crippen molar-refractivity contribution >= 4 is 10.2 Å². The average Bonchev–Trinajstić information content (AvgIpc) is 2.14. The molecule has 0 amide bonds. The lowest BCUT2D eigenvalue weighted by Gasteiger charge is -2.17. The van der Waals surface area contributed by atoms with E-state index in [9.17, 15) is 21.6 Å². The normalized spacial score (nSPS) is 12.8. The summed E-state index contributed by atoms with van der Waals surface area (Å²) < 4.78 is 62.0. The molecule has 0 radical (unpaired) electrons. The molecular weight excluding hydrogens is 245 g/mol. The van der Waals surface area contributed by atoms with Gasteiger partial charge in [0.15, 0.2) is 0 Å². The fourth-order valence-electron chi connectivity index (χ4n) is 1.04. The van der Waals surface area contributed by atoms with Crippen molar-refractivity contribution < 1.29 is 21.6 Å². The molecule has 8 heteroatoms. The Hall–Kier alpha value is -1.12. The molecule has 1 aromatic rings. The van der Waals surface area contributed by atoms with E-state index in [1.54, 1.807) is 0 Å². The predicted octanol–water partition coefficient (Wildman–Crippen LogP) is 0.711. The predicted molar refractivity (Wildman–Crippen MR) is 51.4 cm³/mol. The minimum absolute atomic E-state index is 0.861. The Balaban J connectivity index is 2.90. The summed E-state index contributed by atoms with van der Waals surface area (Å²) in [5.41, 5.74) is -0.883. The Morgan fingerprint density at radius 2 is 1.88 bits per heavy atom. The van der Waals surface area contributed by atoms with Crippen molar-refractivity contribution in [2.75, 3.05) is 6.54 Å². The molecule has 0 fully saturated rings. The highest BCUT2D eigenvalue weighted by Crippen LogP contribution is 2.29. The van der Waals surface area contributed by atoms with E-state index in [1.165, 1.54) is 16.9 Å². The van der Waals surface area contributed by atoms with Gasteiger partial charge in [-0.2, -0.15) is 21.9 Å². The monoisotopic (exact) mass is 254 g/mol. The Labute approximate surface area is 90.4 Å². The van der Waals surface area contributed by atoms with Gasteiger partial charge in [-0.3, -0.25) is 0 Å². The van der Waals surface area contributed by atoms with E-state index in [1.807, 2.05) is 0 Å². The molecule has 0 saturated carbocycles. The molecule has 90 valence electrons. The first-order valence-electron chi connectivity index (χ1n) is 4.12. The van der Waals surface area contributed by atoms with Crippen molar-refractivity contribution in [2.24, 2.45) is 5.14 Å². The van der Waals surface area contributed by atoms with Crippen LogP contribution in [0.25, 0.3) is 0 Å². The van der Waals surface area contributed by atoms with Gasteiger partial charge in [-0.25, -0.2) is 9.53 Å². The molecule has 0 bridgehead atoms. The molecule has 0 spiro atoms. The number of nitrogens with two attached hydrogens (primary N) is 1. The SMILES string of the molecule is NS(=O)(=O)NCC(F)(F)c1ccccc1F. The first-order chi connectivity index (χ1) is 7.22. The lowest BCUT2D eigenvalue weighted by molar-refractivity contribution is -0.00142. The van der Waals surface area contributed by atoms with Gasteiger partial charge in [0, 0.05) is 0 Å². The minimum atomic E-state index is -4.23. The fourth-order valence-corrected chi connectivity index (χ4v) is 1.43. The summed E-state index contributed by atoms with van der Waals surface area (Å²) in [6, 6.07) is 4.21. The summed E-state index contributed by atoms with van der Waals surface area (Å²) in [5.74, 6) is -4.76. The second-order valence-corrected chi connectivity index (χ2v) is 4.43. The van der Waals surface area contributed by atoms with Crippen molar-refractivity contribution in [3.05, 3.63) is 35.6 Å². The summed E-state index contributed by atoms with van der Waals surface area (Å²) >= 11 is 0. The highest BCUT2D eigenvalue weighted by Gasteiger charge is 2.35. The summed E-state index contributed by atoms with van der Waals surface area (Å²) in [7, 11) is -4.23. The summed E-state index contributed by atoms with van der Waals surface area (Å²) in [5, 5.41) is 4.49. The summed E-state index contributed by atoms with van der Waals surface area (Å²) in [4.78, 5) is 0. The van der Waals surface area contributed by atoms with Crippen LogP contribution in [0.1, 0.15) is 5.56 Å². The standard InChI is InChI=1S/C8H9F3N2O2S/c9-7-4-2-1-3-6(7)8(10,11)5-13-16(12,14)15/h1-4,13H,5H2,(H2,12,14,15). The Morgan fingerprint density at radius 3 is 2.38 bits per heavy atom. The minimum Gasteiger partial charge on any atom is -0.216 e. The first kappa shape index (κ1) is 12.9. The number of benzene rings is 1. The third kappa shape index (κ3) is 3.47. The van der Waals surface area contributed by atoms with Crippen LogP contribution in [0.4, 0.5) is 13.2 Å². The molecule has 0 aliphatic rings. The van der Waals surface area contributed by atoms with E-state index < -0.39 is 34.1 Å². The molecule has 1 rings (SSSR count). The number of alkyl halides is 2. The van der Waals surface area contributed by atoms with E-state index in [0.29, 0.717) is 0 Å². The Morgan fingerprint density at radius 1 is 1.31 bits per heavy atom. The maximum Gasteiger partial charge on any atom is 0.289 e. The van der Waals surface area contributed by atoms with Gasteiger partial charge in [0.05, 0.1) is 12.1 Å². The molecule has 0 atom stereocenters. The zero-order valence-corrected chi connectivity index (χ0v) is 8.77. The van der Waals surface area contributed by atoms with Crippen molar-refractivity contribution in [1.29, 1.82) is 0 Å². The van der Waals surface area contributed by atoms with Crippen LogP contribution in [0.15, 0.2) is 24.3 Å². The van der Waals surface area contributed by atoms with Crippen molar-refractivity contribution in [1.82, 2.24) is 4.72 Å². The highest BCUT2D eigenvalue weighted by molar-refractivity contribution is 7.87. The zero-order valence-electron chi connectivity index (χ0n) is 7.95. The first-order valence-corrected chi connectivity index (χ1v) is 5.67. The molecule has 0 unspecified atom stereocenters. The largest absolute Gasteiger partial charge is 0.289 e. The molecule has 0 aliphatic carbocycles. The third-order valence-electron chi connectivity index (χ3n) is 1.76. The van der Waals surface area contributed by atoms with Crippen LogP contribution in [0.3, 0.4) is 0 Å². The number of rotatable bonds is 4. The van der Waals surface area contributed by atoms with E-state index in [4.69, 9.17) is 0 Å². The smallest absolute Gasteiger partial charge is 0.216 e. The lowest BCUT2D eigenvalue weighted by atomic mass is 10.1. The van der Waals surface area contributed by atoms with Gasteiger partial charge in [-0.1, -0.05) is 18.2 Å². The maximum absolute atomic E-state index is 13.3. The van der Waals surface area contributed by atoms with Gasteiger partial charge >= 0.3 is 0 Å². The summed E-state index contributed by atoms with van der Waals surface area (Å²) in [6.45, 7) is -1.28. The van der Waals surface area contributed by atoms with Crippen LogP contribution < -0.4 is 9.86 Å². The molecule has 16 heavy (non-hydrogen) atoms. The van der Waals surface area contributed by atoms with E-state index in [-0.39, 0.29) is 0 Å². The van der Waals surface area contributed by atoms with Gasteiger partial charge in [0.25, 0.3) is 16.1 Å². The number of nitrogens with one attached hydrogen (secondary N) is 1. The second-order valence-electron chi connectivity index (χ2n) is 3.05. The number of hydrogen-bond donors (Lipinski definition) is 2. The quantitative estimate of drug-likeness (QED) is 0.830.